The Bertz CT molecular complexity index is 836. The van der Waals surface area contributed by atoms with Crippen LogP contribution in [0.25, 0.3) is 0 Å². The number of hydrogen-bond acceptors (Lipinski definition) is 3. The third-order valence-corrected chi connectivity index (χ3v) is 6.86. The quantitative estimate of drug-likeness (QED) is 0.843. The van der Waals surface area contributed by atoms with E-state index in [0.717, 1.165) is 30.8 Å². The van der Waals surface area contributed by atoms with Crippen molar-refractivity contribution in [3.63, 3.8) is 0 Å². The van der Waals surface area contributed by atoms with Crippen LogP contribution in [0.1, 0.15) is 22.3 Å². The second kappa shape index (κ2) is 7.28. The fraction of sp³-hybridized carbons (Fsp3) is 0.400. The number of aryl methyl sites for hydroxylation is 3. The molecular formula is C20H26N2O2S. The molecule has 3 rings (SSSR count). The first-order valence-corrected chi connectivity index (χ1v) is 10.2. The average molecular weight is 359 g/mol. The lowest BCUT2D eigenvalue weighted by Gasteiger charge is -2.34. The summed E-state index contributed by atoms with van der Waals surface area (Å²) >= 11 is 0. The maximum absolute atomic E-state index is 13.0. The monoisotopic (exact) mass is 358 g/mol. The molecule has 25 heavy (non-hydrogen) atoms. The Balaban J connectivity index is 1.67. The van der Waals surface area contributed by atoms with Crippen LogP contribution in [-0.4, -0.2) is 43.8 Å². The molecule has 0 saturated carbocycles. The zero-order valence-electron chi connectivity index (χ0n) is 15.2. The van der Waals surface area contributed by atoms with Gasteiger partial charge in [-0.15, -0.1) is 0 Å². The SMILES string of the molecule is Cc1ccc(CN2CCN(S(=O)(=O)c3cc(C)ccc3C)CC2)cc1. The highest BCUT2D eigenvalue weighted by molar-refractivity contribution is 7.89. The van der Waals surface area contributed by atoms with Gasteiger partial charge in [-0.1, -0.05) is 42.0 Å². The molecule has 2 aromatic carbocycles. The number of benzene rings is 2. The molecule has 0 radical (unpaired) electrons. The Morgan fingerprint density at radius 2 is 1.44 bits per heavy atom. The number of rotatable bonds is 4. The number of nitrogens with zero attached hydrogens (tertiary/aromatic N) is 2. The van der Waals surface area contributed by atoms with Gasteiger partial charge < -0.3 is 0 Å². The Labute approximate surface area is 151 Å². The largest absolute Gasteiger partial charge is 0.296 e. The van der Waals surface area contributed by atoms with Crippen molar-refractivity contribution in [2.24, 2.45) is 0 Å². The summed E-state index contributed by atoms with van der Waals surface area (Å²) in [4.78, 5) is 2.76. The molecular weight excluding hydrogens is 332 g/mol. The molecule has 134 valence electrons. The zero-order chi connectivity index (χ0) is 18.0. The molecule has 1 aliphatic heterocycles. The minimum absolute atomic E-state index is 0.444. The van der Waals surface area contributed by atoms with Gasteiger partial charge in [0, 0.05) is 32.7 Å². The van der Waals surface area contributed by atoms with Crippen LogP contribution < -0.4 is 0 Å². The van der Waals surface area contributed by atoms with E-state index in [1.54, 1.807) is 10.4 Å². The highest BCUT2D eigenvalue weighted by Gasteiger charge is 2.29. The molecule has 1 aliphatic rings. The maximum atomic E-state index is 13.0. The van der Waals surface area contributed by atoms with Crippen LogP contribution in [0.3, 0.4) is 0 Å². The molecule has 0 spiro atoms. The van der Waals surface area contributed by atoms with Gasteiger partial charge >= 0.3 is 0 Å². The molecule has 0 unspecified atom stereocenters. The summed E-state index contributed by atoms with van der Waals surface area (Å²) in [6, 6.07) is 14.2. The lowest BCUT2D eigenvalue weighted by molar-refractivity contribution is 0.181. The number of sulfonamides is 1. The van der Waals surface area contributed by atoms with Gasteiger partial charge in [0.2, 0.25) is 10.0 Å². The van der Waals surface area contributed by atoms with Gasteiger partial charge in [0.15, 0.2) is 0 Å². The molecule has 1 fully saturated rings. The highest BCUT2D eigenvalue weighted by atomic mass is 32.2. The van der Waals surface area contributed by atoms with E-state index in [-0.39, 0.29) is 0 Å². The fourth-order valence-electron chi connectivity index (χ4n) is 3.20. The van der Waals surface area contributed by atoms with Crippen molar-refractivity contribution in [3.8, 4) is 0 Å². The molecule has 4 nitrogen and oxygen atoms in total. The molecule has 1 saturated heterocycles. The van der Waals surface area contributed by atoms with Crippen molar-refractivity contribution in [2.45, 2.75) is 32.2 Å². The minimum Gasteiger partial charge on any atom is -0.296 e. The van der Waals surface area contributed by atoms with Crippen LogP contribution >= 0.6 is 0 Å². The summed E-state index contributed by atoms with van der Waals surface area (Å²) in [6.07, 6.45) is 0. The van der Waals surface area contributed by atoms with Gasteiger partial charge in [0.1, 0.15) is 0 Å². The Morgan fingerprint density at radius 3 is 2.08 bits per heavy atom. The van der Waals surface area contributed by atoms with E-state index in [9.17, 15) is 8.42 Å². The summed E-state index contributed by atoms with van der Waals surface area (Å²) in [5, 5.41) is 0. The van der Waals surface area contributed by atoms with Crippen LogP contribution in [0, 0.1) is 20.8 Å². The molecule has 0 aliphatic carbocycles. The van der Waals surface area contributed by atoms with Crippen LogP contribution in [0.5, 0.6) is 0 Å². The summed E-state index contributed by atoms with van der Waals surface area (Å²) in [6.45, 7) is 9.36. The smallest absolute Gasteiger partial charge is 0.243 e. The maximum Gasteiger partial charge on any atom is 0.243 e. The first-order chi connectivity index (χ1) is 11.9. The zero-order valence-corrected chi connectivity index (χ0v) is 16.0. The van der Waals surface area contributed by atoms with E-state index in [1.807, 2.05) is 26.0 Å². The Kier molecular flexibility index (Phi) is 5.27. The number of piperazine rings is 1. The van der Waals surface area contributed by atoms with Gasteiger partial charge in [-0.05, 0) is 43.5 Å². The van der Waals surface area contributed by atoms with Gasteiger partial charge in [0.05, 0.1) is 4.90 Å². The highest BCUT2D eigenvalue weighted by Crippen LogP contribution is 2.22. The predicted molar refractivity (Wildman–Crippen MR) is 101 cm³/mol. The van der Waals surface area contributed by atoms with Gasteiger partial charge in [-0.3, -0.25) is 4.90 Å². The standard InChI is InChI=1S/C20H26N2O2S/c1-16-5-8-19(9-6-16)15-21-10-12-22(13-11-21)25(23,24)20-14-17(2)4-7-18(20)3/h4-9,14H,10-13,15H2,1-3H3. The van der Waals surface area contributed by atoms with Crippen LogP contribution in [0.4, 0.5) is 0 Å². The Hall–Kier alpha value is -1.69. The van der Waals surface area contributed by atoms with Gasteiger partial charge in [-0.2, -0.15) is 4.31 Å². The van der Waals surface area contributed by atoms with Crippen molar-refractivity contribution < 1.29 is 8.42 Å². The molecule has 0 N–H and O–H groups in total. The molecule has 0 amide bonds. The molecule has 1 heterocycles. The molecule has 5 heteroatoms. The Morgan fingerprint density at radius 1 is 0.840 bits per heavy atom. The van der Waals surface area contributed by atoms with Crippen LogP contribution in [0.15, 0.2) is 47.4 Å². The summed E-state index contributed by atoms with van der Waals surface area (Å²) in [5.74, 6) is 0. The number of hydrogen-bond donors (Lipinski definition) is 0. The molecule has 0 bridgehead atoms. The van der Waals surface area contributed by atoms with E-state index in [1.165, 1.54) is 11.1 Å². The molecule has 0 aromatic heterocycles. The molecule has 2 aromatic rings. The van der Waals surface area contributed by atoms with E-state index < -0.39 is 10.0 Å². The first kappa shape index (κ1) is 18.1. The van der Waals surface area contributed by atoms with E-state index >= 15 is 0 Å². The van der Waals surface area contributed by atoms with Crippen molar-refractivity contribution in [3.05, 3.63) is 64.7 Å². The van der Waals surface area contributed by atoms with E-state index in [4.69, 9.17) is 0 Å². The van der Waals surface area contributed by atoms with Crippen molar-refractivity contribution in [1.82, 2.24) is 9.21 Å². The van der Waals surface area contributed by atoms with Gasteiger partial charge in [-0.25, -0.2) is 8.42 Å². The fourth-order valence-corrected chi connectivity index (χ4v) is 4.94. The average Bonchev–Trinajstić information content (AvgIpc) is 2.59. The van der Waals surface area contributed by atoms with E-state index in [0.29, 0.717) is 18.0 Å². The summed E-state index contributed by atoms with van der Waals surface area (Å²) in [7, 11) is -3.41. The minimum atomic E-state index is -3.41. The first-order valence-electron chi connectivity index (χ1n) is 8.71. The van der Waals surface area contributed by atoms with Crippen molar-refractivity contribution >= 4 is 10.0 Å². The van der Waals surface area contributed by atoms with Crippen molar-refractivity contribution in [2.75, 3.05) is 26.2 Å². The lowest BCUT2D eigenvalue weighted by atomic mass is 10.1. The van der Waals surface area contributed by atoms with Crippen molar-refractivity contribution in [1.29, 1.82) is 0 Å². The lowest BCUT2D eigenvalue weighted by Crippen LogP contribution is -2.48. The molecule has 0 atom stereocenters. The topological polar surface area (TPSA) is 40.6 Å². The van der Waals surface area contributed by atoms with Gasteiger partial charge in [0.25, 0.3) is 0 Å². The third-order valence-electron chi connectivity index (χ3n) is 4.82. The van der Waals surface area contributed by atoms with Crippen LogP contribution in [-0.2, 0) is 16.6 Å². The normalized spacial score (nSPS) is 16.9. The summed E-state index contributed by atoms with van der Waals surface area (Å²) in [5.41, 5.74) is 4.32. The third kappa shape index (κ3) is 4.11. The van der Waals surface area contributed by atoms with E-state index in [2.05, 4.69) is 36.1 Å². The summed E-state index contributed by atoms with van der Waals surface area (Å²) < 4.78 is 27.6. The predicted octanol–water partition coefficient (Wildman–Crippen LogP) is 3.12. The van der Waals surface area contributed by atoms with Crippen LogP contribution in [0.2, 0.25) is 0 Å². The second-order valence-electron chi connectivity index (χ2n) is 6.93. The second-order valence-corrected chi connectivity index (χ2v) is 8.84.